The average Bonchev–Trinajstić information content (AvgIpc) is 3.44. The lowest BCUT2D eigenvalue weighted by Crippen LogP contribution is -3.11. The maximum atomic E-state index is 14.7. The fourth-order valence-electron chi connectivity index (χ4n) is 9.52. The van der Waals surface area contributed by atoms with Crippen LogP contribution in [-0.4, -0.2) is 36.5 Å². The zero-order chi connectivity index (χ0) is 24.7. The Balaban J connectivity index is 1.29. The molecule has 1 aromatic heterocycles. The van der Waals surface area contributed by atoms with Crippen LogP contribution in [0.5, 0.6) is 0 Å². The number of carbonyl (C=O) groups is 2. The van der Waals surface area contributed by atoms with Gasteiger partial charge in [-0.2, -0.15) is 0 Å². The predicted octanol–water partition coefficient (Wildman–Crippen LogP) is 3.41. The molecule has 1 N–H and O–H groups in total. The second kappa shape index (κ2) is 6.43. The van der Waals surface area contributed by atoms with E-state index in [0.717, 1.165) is 10.7 Å². The van der Waals surface area contributed by atoms with Crippen molar-refractivity contribution in [3.05, 3.63) is 63.0 Å². The number of rotatable bonds is 6. The van der Waals surface area contributed by atoms with E-state index >= 15 is 0 Å². The van der Waals surface area contributed by atoms with Gasteiger partial charge in [0.2, 0.25) is 0 Å². The molecule has 6 aliphatic carbocycles. The zero-order valence-corrected chi connectivity index (χ0v) is 20.8. The second-order valence-electron chi connectivity index (χ2n) is 10.8. The minimum absolute atomic E-state index is 0.0611. The molecular formula is C27H24FN3O4S. The third kappa shape index (κ3) is 1.83. The highest BCUT2D eigenvalue weighted by Crippen LogP contribution is 3.11. The smallest absolute Gasteiger partial charge is 0.338 e. The molecule has 0 spiro atoms. The molecule has 6 fully saturated rings. The van der Waals surface area contributed by atoms with Gasteiger partial charge in [0.05, 0.1) is 24.7 Å². The van der Waals surface area contributed by atoms with E-state index < -0.39 is 12.0 Å². The van der Waals surface area contributed by atoms with Crippen LogP contribution in [-0.2, 0) is 19.1 Å². The lowest BCUT2D eigenvalue weighted by atomic mass is 8.92. The summed E-state index contributed by atoms with van der Waals surface area (Å²) in [5, 5.41) is 6.14. The normalized spacial score (nSPS) is 41.3. The first kappa shape index (κ1) is 21.1. The van der Waals surface area contributed by atoms with Crippen LogP contribution in [0.3, 0.4) is 0 Å². The minimum Gasteiger partial charge on any atom is -0.469 e. The fraction of sp³-hybridized carbons (Fsp3) is 0.481. The number of carbonyl (C=O) groups excluding carboxylic acids is 2. The number of aliphatic imine (C=N–C) groups is 1. The summed E-state index contributed by atoms with van der Waals surface area (Å²) >= 11 is 1.46. The largest absolute Gasteiger partial charge is 0.469 e. The van der Waals surface area contributed by atoms with Crippen molar-refractivity contribution in [1.29, 1.82) is 0 Å². The van der Waals surface area contributed by atoms with Crippen LogP contribution in [0.4, 0.5) is 4.39 Å². The van der Waals surface area contributed by atoms with E-state index in [0.29, 0.717) is 58.0 Å². The van der Waals surface area contributed by atoms with Crippen molar-refractivity contribution in [2.45, 2.75) is 19.9 Å². The summed E-state index contributed by atoms with van der Waals surface area (Å²) < 4.78 is 25.5. The molecular weight excluding hydrogens is 481 g/mol. The average molecular weight is 506 g/mol. The molecule has 0 unspecified atom stereocenters. The number of thiazole rings is 1. The van der Waals surface area contributed by atoms with Gasteiger partial charge in [0.25, 0.3) is 0 Å². The SMILES string of the molecule is CCOC(=O)C1=C(C23C4C5C2C2C3C4C52C(=O)OC)NC(c2nccs2)=N[C@H]1c1cccc(F)c1C. The molecule has 0 saturated heterocycles. The third-order valence-corrected chi connectivity index (χ3v) is 11.2. The van der Waals surface area contributed by atoms with E-state index in [1.807, 2.05) is 11.4 Å². The maximum absolute atomic E-state index is 14.7. The van der Waals surface area contributed by atoms with Crippen LogP contribution in [0.2, 0.25) is 0 Å². The topological polar surface area (TPSA) is 89.9 Å². The summed E-state index contributed by atoms with van der Waals surface area (Å²) in [6.07, 6.45) is 1.72. The molecule has 0 radical (unpaired) electrons. The first-order valence-electron chi connectivity index (χ1n) is 12.4. The highest BCUT2D eigenvalue weighted by atomic mass is 32.1. The van der Waals surface area contributed by atoms with E-state index in [-0.39, 0.29) is 29.2 Å². The molecule has 2 heterocycles. The zero-order valence-electron chi connectivity index (χ0n) is 19.9. The summed E-state index contributed by atoms with van der Waals surface area (Å²) in [6.45, 7) is 3.74. The summed E-state index contributed by atoms with van der Waals surface area (Å²) in [5.41, 5.74) is 1.99. The van der Waals surface area contributed by atoms with Gasteiger partial charge in [-0.15, -0.1) is 11.3 Å². The molecule has 0 bridgehead atoms. The summed E-state index contributed by atoms with van der Waals surface area (Å²) in [7, 11) is 1.48. The number of hydrogen-bond donors (Lipinski definition) is 1. The Morgan fingerprint density at radius 1 is 1.17 bits per heavy atom. The van der Waals surface area contributed by atoms with Crippen molar-refractivity contribution in [3.8, 4) is 0 Å². The monoisotopic (exact) mass is 505 g/mol. The van der Waals surface area contributed by atoms with Gasteiger partial charge in [0, 0.05) is 22.7 Å². The van der Waals surface area contributed by atoms with Crippen molar-refractivity contribution < 1.29 is 23.5 Å². The molecule has 2 aromatic rings. The van der Waals surface area contributed by atoms with Crippen molar-refractivity contribution in [2.24, 2.45) is 51.3 Å². The quantitative estimate of drug-likeness (QED) is 0.606. The molecule has 7 aliphatic rings. The van der Waals surface area contributed by atoms with Gasteiger partial charge in [-0.1, -0.05) is 12.1 Å². The molecule has 1 aromatic carbocycles. The number of esters is 2. The summed E-state index contributed by atoms with van der Waals surface area (Å²) in [6, 6.07) is 4.21. The van der Waals surface area contributed by atoms with Crippen LogP contribution >= 0.6 is 11.3 Å². The third-order valence-electron chi connectivity index (χ3n) is 10.4. The minimum atomic E-state index is -0.704. The molecule has 9 rings (SSSR count). The summed E-state index contributed by atoms with van der Waals surface area (Å²) in [5.74, 6) is 1.84. The number of nitrogens with zero attached hydrogens (tertiary/aromatic N) is 2. The Labute approximate surface area is 210 Å². The van der Waals surface area contributed by atoms with Gasteiger partial charge < -0.3 is 14.8 Å². The van der Waals surface area contributed by atoms with Gasteiger partial charge in [-0.25, -0.2) is 14.2 Å². The van der Waals surface area contributed by atoms with Gasteiger partial charge in [0.1, 0.15) is 11.9 Å². The first-order chi connectivity index (χ1) is 17.4. The van der Waals surface area contributed by atoms with Gasteiger partial charge >= 0.3 is 11.9 Å². The van der Waals surface area contributed by atoms with Crippen molar-refractivity contribution in [1.82, 2.24) is 10.3 Å². The van der Waals surface area contributed by atoms with Crippen LogP contribution in [0.15, 0.2) is 46.0 Å². The maximum Gasteiger partial charge on any atom is 0.338 e. The Hall–Kier alpha value is -3.07. The Morgan fingerprint density at radius 2 is 1.89 bits per heavy atom. The van der Waals surface area contributed by atoms with E-state index in [1.54, 1.807) is 26.1 Å². The molecule has 184 valence electrons. The number of aromatic nitrogens is 1. The highest BCUT2D eigenvalue weighted by Gasteiger charge is 3.12. The number of halogens is 1. The van der Waals surface area contributed by atoms with Gasteiger partial charge in [0.15, 0.2) is 10.8 Å². The number of hydrogen-bond acceptors (Lipinski definition) is 8. The molecule has 1 aliphatic heterocycles. The van der Waals surface area contributed by atoms with Crippen molar-refractivity contribution in [2.75, 3.05) is 13.7 Å². The fourth-order valence-corrected chi connectivity index (χ4v) is 10.1. The number of ether oxygens (including phenoxy) is 2. The van der Waals surface area contributed by atoms with Gasteiger partial charge in [-0.05, 0) is 66.5 Å². The Kier molecular flexibility index (Phi) is 3.76. The molecule has 6 saturated carbocycles. The lowest BCUT2D eigenvalue weighted by Gasteiger charge is -3.10. The molecule has 1 atom stereocenters. The van der Waals surface area contributed by atoms with Crippen molar-refractivity contribution >= 4 is 29.1 Å². The van der Waals surface area contributed by atoms with Gasteiger partial charge in [-0.3, -0.25) is 9.79 Å². The molecule has 9 heteroatoms. The van der Waals surface area contributed by atoms with Crippen molar-refractivity contribution in [3.63, 3.8) is 0 Å². The van der Waals surface area contributed by atoms with E-state index in [4.69, 9.17) is 14.5 Å². The summed E-state index contributed by atoms with van der Waals surface area (Å²) in [4.78, 5) is 35.6. The predicted molar refractivity (Wildman–Crippen MR) is 127 cm³/mol. The Bertz CT molecular complexity index is 1390. The standard InChI is InChI=1S/C27H24FN3O4S/c1-4-35-24(32)13-20(11-6-5-7-12(28)10(11)2)30-22(23-29-8-9-36-23)31-21(13)26-14-17-15(26)19-16(26)18(14)27(17,19)25(33)34-3/h5-9,14-20H,4H2,1-3H3,(H,30,31)/t14?,15?,16?,17?,18?,19?,20-,26?,27?/m0/s1. The molecule has 7 nitrogen and oxygen atoms in total. The van der Waals surface area contributed by atoms with E-state index in [2.05, 4.69) is 10.3 Å². The second-order valence-corrected chi connectivity index (χ2v) is 11.7. The first-order valence-corrected chi connectivity index (χ1v) is 13.3. The number of methoxy groups -OCH3 is 1. The Morgan fingerprint density at radius 3 is 2.50 bits per heavy atom. The van der Waals surface area contributed by atoms with E-state index in [1.165, 1.54) is 24.5 Å². The number of nitrogens with one attached hydrogen (secondary N) is 1. The van der Waals surface area contributed by atoms with Crippen LogP contribution in [0.1, 0.15) is 29.1 Å². The molecule has 36 heavy (non-hydrogen) atoms. The van der Waals surface area contributed by atoms with Crippen LogP contribution < -0.4 is 5.32 Å². The number of allylic oxidation sites excluding steroid dienone is 1. The number of amidine groups is 1. The lowest BCUT2D eigenvalue weighted by molar-refractivity contribution is -0.633. The van der Waals surface area contributed by atoms with E-state index in [9.17, 15) is 14.0 Å². The van der Waals surface area contributed by atoms with Crippen LogP contribution in [0, 0.1) is 59.1 Å². The molecule has 0 amide bonds. The van der Waals surface area contributed by atoms with Crippen LogP contribution in [0.25, 0.3) is 0 Å². The number of benzene rings is 1. The highest BCUT2D eigenvalue weighted by molar-refractivity contribution is 7.11.